The first-order chi connectivity index (χ1) is 35.0. The van der Waals surface area contributed by atoms with Crippen LogP contribution in [0, 0.1) is 0 Å². The molecule has 0 aromatic rings. The third kappa shape index (κ3) is 55.0. The molecule has 0 amide bonds. The number of hydrogen-bond acceptors (Lipinski definition) is 7. The highest BCUT2D eigenvalue weighted by atomic mass is 31.2. The Balaban J connectivity index is 4.41. The van der Waals surface area contributed by atoms with Gasteiger partial charge in [0.25, 0.3) is 0 Å². The lowest BCUT2D eigenvalue weighted by Crippen LogP contribution is -2.37. The molecule has 0 heterocycles. The summed E-state index contributed by atoms with van der Waals surface area (Å²) in [6.07, 6.45) is 77.3. The number of hydrogen-bond donors (Lipinski definition) is 1. The number of rotatable bonds is 47. The normalized spacial score (nSPS) is 14.6. The molecule has 9 nitrogen and oxygen atoms in total. The maximum Gasteiger partial charge on any atom is 0.472 e. The van der Waals surface area contributed by atoms with Crippen LogP contribution in [0.25, 0.3) is 0 Å². The van der Waals surface area contributed by atoms with Crippen molar-refractivity contribution in [3.63, 3.8) is 0 Å². The number of phosphoric acid groups is 1. The van der Waals surface area contributed by atoms with Crippen LogP contribution in [-0.4, -0.2) is 74.9 Å². The SMILES string of the molecule is CC/C=C\C/C=C\C/C=C\C/C=C\C/C=C\C/C=C\C/C=C\CCCCCC(=O)OC(COC(=O)CCCCCC/C=C\C/C=C\C/C=C\C/C=C\C/C=C\C/C=C\CC)COP(=O)(O)OCC[N+](C)(C)C. The number of esters is 2. The van der Waals surface area contributed by atoms with Gasteiger partial charge >= 0.3 is 19.8 Å². The minimum absolute atomic E-state index is 0.00973. The molecule has 2 atom stereocenters. The predicted molar refractivity (Wildman–Crippen MR) is 306 cm³/mol. The number of quaternary nitrogens is 1. The van der Waals surface area contributed by atoms with Crippen LogP contribution < -0.4 is 0 Å². The molecule has 2 unspecified atom stereocenters. The third-order valence-corrected chi connectivity index (χ3v) is 11.5. The Morgan fingerprint density at radius 3 is 1.11 bits per heavy atom. The van der Waals surface area contributed by atoms with Gasteiger partial charge in [0.1, 0.15) is 19.8 Å². The van der Waals surface area contributed by atoms with Gasteiger partial charge in [0.15, 0.2) is 6.10 Å². The molecule has 0 saturated heterocycles. The Morgan fingerprint density at radius 2 is 0.750 bits per heavy atom. The minimum atomic E-state index is -4.41. The fraction of sp³-hybridized carbons (Fsp3) is 0.548. The first-order valence-corrected chi connectivity index (χ1v) is 28.7. The third-order valence-electron chi connectivity index (χ3n) is 10.6. The van der Waals surface area contributed by atoms with Gasteiger partial charge in [-0.15, -0.1) is 0 Å². The van der Waals surface area contributed by atoms with Crippen molar-refractivity contribution in [1.82, 2.24) is 0 Å². The van der Waals surface area contributed by atoms with Crippen molar-refractivity contribution in [1.29, 1.82) is 0 Å². The molecule has 0 bridgehead atoms. The van der Waals surface area contributed by atoms with Crippen molar-refractivity contribution < 1.29 is 42.1 Å². The Hall–Kier alpha value is -4.37. The zero-order valence-corrected chi connectivity index (χ0v) is 46.5. The summed E-state index contributed by atoms with van der Waals surface area (Å²) in [5.74, 6) is -0.883. The summed E-state index contributed by atoms with van der Waals surface area (Å²) in [7, 11) is 1.41. The number of phosphoric ester groups is 1. The van der Waals surface area contributed by atoms with Crippen molar-refractivity contribution in [2.45, 2.75) is 174 Å². The monoisotopic (exact) mass is 1020 g/mol. The van der Waals surface area contributed by atoms with Crippen LogP contribution >= 0.6 is 7.82 Å². The highest BCUT2D eigenvalue weighted by molar-refractivity contribution is 7.47. The fourth-order valence-electron chi connectivity index (χ4n) is 6.41. The molecule has 0 saturated carbocycles. The first kappa shape index (κ1) is 67.6. The lowest BCUT2D eigenvalue weighted by atomic mass is 10.1. The summed E-state index contributed by atoms with van der Waals surface area (Å²) in [5.41, 5.74) is 0. The Bertz CT molecular complexity index is 1770. The van der Waals surface area contributed by atoms with Crippen LogP contribution in [0.2, 0.25) is 0 Å². The second kappa shape index (κ2) is 51.5. The van der Waals surface area contributed by atoms with E-state index in [0.29, 0.717) is 23.9 Å². The van der Waals surface area contributed by atoms with Crippen LogP contribution in [-0.2, 0) is 32.7 Å². The zero-order valence-electron chi connectivity index (χ0n) is 45.6. The topological polar surface area (TPSA) is 108 Å². The highest BCUT2D eigenvalue weighted by Crippen LogP contribution is 2.43. The summed E-state index contributed by atoms with van der Waals surface area (Å²) in [4.78, 5) is 35.6. The van der Waals surface area contributed by atoms with Crippen molar-refractivity contribution >= 4 is 19.8 Å². The summed E-state index contributed by atoms with van der Waals surface area (Å²) >= 11 is 0. The molecule has 1 N–H and O–H groups in total. The maximum atomic E-state index is 12.8. The molecule has 0 radical (unpaired) electrons. The van der Waals surface area contributed by atoms with E-state index < -0.39 is 32.5 Å². The summed E-state index contributed by atoms with van der Waals surface area (Å²) in [5, 5.41) is 0. The Morgan fingerprint density at radius 1 is 0.431 bits per heavy atom. The van der Waals surface area contributed by atoms with E-state index in [2.05, 4.69) is 172 Å². The molecule has 404 valence electrons. The van der Waals surface area contributed by atoms with Crippen LogP contribution in [0.5, 0.6) is 0 Å². The van der Waals surface area contributed by atoms with Gasteiger partial charge in [0.05, 0.1) is 27.7 Å². The smallest absolute Gasteiger partial charge is 0.462 e. The molecule has 10 heteroatoms. The van der Waals surface area contributed by atoms with Gasteiger partial charge in [0.2, 0.25) is 0 Å². The number of carbonyl (C=O) groups excluding carboxylic acids is 2. The Kier molecular flexibility index (Phi) is 48.4. The van der Waals surface area contributed by atoms with Gasteiger partial charge in [-0.3, -0.25) is 18.6 Å². The van der Waals surface area contributed by atoms with E-state index in [1.807, 2.05) is 21.1 Å². The van der Waals surface area contributed by atoms with Gasteiger partial charge in [0, 0.05) is 12.8 Å². The zero-order chi connectivity index (χ0) is 52.7. The van der Waals surface area contributed by atoms with Gasteiger partial charge in [-0.25, -0.2) is 4.57 Å². The Labute approximate surface area is 439 Å². The van der Waals surface area contributed by atoms with E-state index in [1.165, 1.54) is 0 Å². The molecule has 0 aliphatic carbocycles. The van der Waals surface area contributed by atoms with E-state index in [4.69, 9.17) is 18.5 Å². The highest BCUT2D eigenvalue weighted by Gasteiger charge is 2.27. The average Bonchev–Trinajstić information content (AvgIpc) is 3.34. The predicted octanol–water partition coefficient (Wildman–Crippen LogP) is 16.9. The van der Waals surface area contributed by atoms with E-state index in [9.17, 15) is 19.0 Å². The standard InChI is InChI=1S/C62H98NO8P/c1-6-8-10-12-14-16-18-20-22-24-26-28-30-31-33-35-37-39-41-43-45-47-49-51-53-55-62(65)71-60(59-70-72(66,67)69-57-56-63(3,4)5)58-68-61(64)54-52-50-48-46-44-42-40-38-36-34-32-29-27-25-23-21-19-17-15-13-11-9-7-2/h8-11,14-17,20-23,26-29,31,33-34,36-37,39-40,42-43,45,60H,6-7,12-13,18-19,24-25,30,32,35,38,41,44,46-59H2,1-5H3/p+1/b10-8-,11-9-,16-14-,17-15-,22-20-,23-21-,28-26-,29-27-,33-31-,36-34-,39-37-,42-40-,45-43-. The molecule has 0 fully saturated rings. The molecule has 0 aromatic carbocycles. The quantitative estimate of drug-likeness (QED) is 0.0211. The number of carbonyl (C=O) groups is 2. The number of nitrogens with zero attached hydrogens (tertiary/aromatic N) is 1. The second-order valence-electron chi connectivity index (χ2n) is 18.5. The maximum absolute atomic E-state index is 12.8. The largest absolute Gasteiger partial charge is 0.472 e. The molecule has 0 aromatic heterocycles. The first-order valence-electron chi connectivity index (χ1n) is 27.2. The molecule has 0 spiro atoms. The molecule has 72 heavy (non-hydrogen) atoms. The number of likely N-dealkylation sites (N-methyl/N-ethyl adjacent to an activating group) is 1. The second-order valence-corrected chi connectivity index (χ2v) is 19.9. The minimum Gasteiger partial charge on any atom is -0.462 e. The van der Waals surface area contributed by atoms with E-state index in [-0.39, 0.29) is 26.1 Å². The van der Waals surface area contributed by atoms with Crippen LogP contribution in [0.1, 0.15) is 168 Å². The van der Waals surface area contributed by atoms with Crippen LogP contribution in [0.4, 0.5) is 0 Å². The molecule has 0 rings (SSSR count). The summed E-state index contributed by atoms with van der Waals surface area (Å²) in [6.45, 7) is 4.09. The van der Waals surface area contributed by atoms with Crippen molar-refractivity contribution in [3.8, 4) is 0 Å². The number of allylic oxidation sites excluding steroid dienone is 26. The van der Waals surface area contributed by atoms with Crippen LogP contribution in [0.15, 0.2) is 158 Å². The van der Waals surface area contributed by atoms with Crippen molar-refractivity contribution in [2.24, 2.45) is 0 Å². The average molecular weight is 1020 g/mol. The summed E-state index contributed by atoms with van der Waals surface area (Å²) in [6, 6.07) is 0. The lowest BCUT2D eigenvalue weighted by Gasteiger charge is -2.24. The number of ether oxygens (including phenoxy) is 2. The fourth-order valence-corrected chi connectivity index (χ4v) is 7.15. The molecular weight excluding hydrogens is 918 g/mol. The lowest BCUT2D eigenvalue weighted by molar-refractivity contribution is -0.870. The van der Waals surface area contributed by atoms with Crippen LogP contribution in [0.3, 0.4) is 0 Å². The van der Waals surface area contributed by atoms with Gasteiger partial charge < -0.3 is 18.9 Å². The van der Waals surface area contributed by atoms with Crippen molar-refractivity contribution in [3.05, 3.63) is 158 Å². The van der Waals surface area contributed by atoms with E-state index in [0.717, 1.165) is 128 Å². The van der Waals surface area contributed by atoms with Gasteiger partial charge in [-0.2, -0.15) is 0 Å². The van der Waals surface area contributed by atoms with Crippen molar-refractivity contribution in [2.75, 3.05) is 47.5 Å². The molecule has 0 aliphatic heterocycles. The van der Waals surface area contributed by atoms with Gasteiger partial charge in [-0.05, 0) is 122 Å². The number of unbranched alkanes of at least 4 members (excludes halogenated alkanes) is 7. The van der Waals surface area contributed by atoms with Gasteiger partial charge in [-0.1, -0.05) is 191 Å². The molecule has 0 aliphatic rings. The summed E-state index contributed by atoms with van der Waals surface area (Å²) < 4.78 is 34.4. The molecular formula is C62H99NO8P+. The van der Waals surface area contributed by atoms with E-state index in [1.54, 1.807) is 0 Å². The van der Waals surface area contributed by atoms with E-state index >= 15 is 0 Å².